The summed E-state index contributed by atoms with van der Waals surface area (Å²) in [6, 6.07) is 10.0. The van der Waals surface area contributed by atoms with Crippen LogP contribution in [0, 0.1) is 0 Å². The lowest BCUT2D eigenvalue weighted by molar-refractivity contribution is 0.0529. The Morgan fingerprint density at radius 3 is 2.40 bits per heavy atom. The number of anilines is 1. The summed E-state index contributed by atoms with van der Waals surface area (Å²) in [5, 5.41) is 6.58. The first kappa shape index (κ1) is 9.90. The molecule has 2 N–H and O–H groups in total. The molecule has 0 radical (unpaired) electrons. The predicted octanol–water partition coefficient (Wildman–Crippen LogP) is 2.64. The third-order valence-corrected chi connectivity index (χ3v) is 2.47. The molecule has 3 nitrogen and oxygen atoms in total. The lowest BCUT2D eigenvalue weighted by Crippen LogP contribution is -2.46. The van der Waals surface area contributed by atoms with Crippen LogP contribution in [0.3, 0.4) is 0 Å². The largest absolute Gasteiger partial charge is 0.453 e. The number of para-hydroxylation sites is 1. The zero-order chi connectivity index (χ0) is 10.9. The fraction of sp³-hybridized carbons (Fsp3) is 0.333. The quantitative estimate of drug-likeness (QED) is 0.777. The molecular formula is C12H16N2O. The van der Waals surface area contributed by atoms with Crippen molar-refractivity contribution >= 4 is 5.69 Å². The van der Waals surface area contributed by atoms with Crippen LogP contribution in [-0.4, -0.2) is 5.85 Å². The number of nitrogens with one attached hydrogen (secondary N) is 2. The van der Waals surface area contributed by atoms with Gasteiger partial charge in [-0.1, -0.05) is 18.2 Å². The molecule has 3 heteroatoms. The first-order valence-electron chi connectivity index (χ1n) is 5.07. The summed E-state index contributed by atoms with van der Waals surface area (Å²) in [5.74, 6) is 0.399. The minimum atomic E-state index is -0.532. The summed E-state index contributed by atoms with van der Waals surface area (Å²) >= 11 is 0. The first-order chi connectivity index (χ1) is 7.09. The zero-order valence-corrected chi connectivity index (χ0v) is 9.29. The summed E-state index contributed by atoms with van der Waals surface area (Å²) in [6.07, 6.45) is 0. The maximum Gasteiger partial charge on any atom is 0.255 e. The molecule has 1 aliphatic heterocycles. The van der Waals surface area contributed by atoms with Crippen LogP contribution in [0.5, 0.6) is 0 Å². The Labute approximate surface area is 90.1 Å². The highest BCUT2D eigenvalue weighted by atomic mass is 16.5. The SMILES string of the molecule is CC1=C(C)OC(C)(Nc2ccccc2)N1. The van der Waals surface area contributed by atoms with Gasteiger partial charge in [-0.05, 0) is 26.0 Å². The molecule has 0 saturated heterocycles. The second-order valence-electron chi connectivity index (χ2n) is 3.93. The molecule has 0 spiro atoms. The van der Waals surface area contributed by atoms with E-state index in [1.807, 2.05) is 51.1 Å². The third-order valence-electron chi connectivity index (χ3n) is 2.47. The summed E-state index contributed by atoms with van der Waals surface area (Å²) in [6.45, 7) is 5.94. The number of hydrogen-bond acceptors (Lipinski definition) is 3. The van der Waals surface area contributed by atoms with Crippen LogP contribution in [0.15, 0.2) is 41.8 Å². The fourth-order valence-electron chi connectivity index (χ4n) is 1.71. The Balaban J connectivity index is 2.09. The van der Waals surface area contributed by atoms with Crippen molar-refractivity contribution in [3.63, 3.8) is 0 Å². The number of hydrogen-bond donors (Lipinski definition) is 2. The van der Waals surface area contributed by atoms with Crippen LogP contribution < -0.4 is 10.6 Å². The lowest BCUT2D eigenvalue weighted by atomic mass is 10.3. The van der Waals surface area contributed by atoms with Crippen molar-refractivity contribution < 1.29 is 4.74 Å². The molecular weight excluding hydrogens is 188 g/mol. The van der Waals surface area contributed by atoms with E-state index in [1.165, 1.54) is 0 Å². The molecule has 0 saturated carbocycles. The summed E-state index contributed by atoms with van der Waals surface area (Å²) in [4.78, 5) is 0. The summed E-state index contributed by atoms with van der Waals surface area (Å²) in [5.41, 5.74) is 2.11. The first-order valence-corrected chi connectivity index (χ1v) is 5.07. The Morgan fingerprint density at radius 1 is 1.20 bits per heavy atom. The molecule has 1 aliphatic rings. The summed E-state index contributed by atoms with van der Waals surface area (Å²) < 4.78 is 5.72. The number of rotatable bonds is 2. The van der Waals surface area contributed by atoms with E-state index in [4.69, 9.17) is 4.74 Å². The van der Waals surface area contributed by atoms with Crippen molar-refractivity contribution in [3.05, 3.63) is 41.8 Å². The molecule has 2 rings (SSSR count). The van der Waals surface area contributed by atoms with Gasteiger partial charge in [0.15, 0.2) is 0 Å². The maximum absolute atomic E-state index is 5.72. The third kappa shape index (κ3) is 2.06. The van der Waals surface area contributed by atoms with Gasteiger partial charge in [-0.15, -0.1) is 0 Å². The smallest absolute Gasteiger partial charge is 0.255 e. The molecule has 0 amide bonds. The van der Waals surface area contributed by atoms with Crippen LogP contribution >= 0.6 is 0 Å². The van der Waals surface area contributed by atoms with Crippen LogP contribution in [0.2, 0.25) is 0 Å². The highest BCUT2D eigenvalue weighted by molar-refractivity contribution is 5.44. The Kier molecular flexibility index (Phi) is 2.31. The minimum Gasteiger partial charge on any atom is -0.453 e. The summed E-state index contributed by atoms with van der Waals surface area (Å²) in [7, 11) is 0. The van der Waals surface area contributed by atoms with E-state index in [-0.39, 0.29) is 0 Å². The molecule has 0 aromatic heterocycles. The predicted molar refractivity (Wildman–Crippen MR) is 61.1 cm³/mol. The van der Waals surface area contributed by atoms with Gasteiger partial charge in [-0.25, -0.2) is 0 Å². The van der Waals surface area contributed by atoms with E-state index in [1.54, 1.807) is 0 Å². The van der Waals surface area contributed by atoms with Gasteiger partial charge >= 0.3 is 0 Å². The standard InChI is InChI=1S/C12H16N2O/c1-9-10(2)15-12(3,13-9)14-11-7-5-4-6-8-11/h4-8,13-14H,1-3H3. The topological polar surface area (TPSA) is 33.3 Å². The monoisotopic (exact) mass is 204 g/mol. The zero-order valence-electron chi connectivity index (χ0n) is 9.29. The van der Waals surface area contributed by atoms with E-state index in [0.717, 1.165) is 17.1 Å². The molecule has 1 heterocycles. The van der Waals surface area contributed by atoms with E-state index >= 15 is 0 Å². The molecule has 1 atom stereocenters. The van der Waals surface area contributed by atoms with Crippen molar-refractivity contribution in [3.8, 4) is 0 Å². The molecule has 0 bridgehead atoms. The van der Waals surface area contributed by atoms with Gasteiger partial charge in [0, 0.05) is 12.6 Å². The van der Waals surface area contributed by atoms with Gasteiger partial charge in [-0.2, -0.15) is 0 Å². The average molecular weight is 204 g/mol. The van der Waals surface area contributed by atoms with Crippen molar-refractivity contribution in [2.24, 2.45) is 0 Å². The molecule has 1 aromatic carbocycles. The minimum absolute atomic E-state index is 0.532. The second kappa shape index (κ2) is 3.50. The van der Waals surface area contributed by atoms with Crippen LogP contribution in [0.4, 0.5) is 5.69 Å². The van der Waals surface area contributed by atoms with Crippen molar-refractivity contribution in [1.29, 1.82) is 0 Å². The van der Waals surface area contributed by atoms with Crippen LogP contribution in [0.25, 0.3) is 0 Å². The molecule has 0 fully saturated rings. The Morgan fingerprint density at radius 2 is 1.87 bits per heavy atom. The normalized spacial score (nSPS) is 24.7. The van der Waals surface area contributed by atoms with Gasteiger partial charge in [0.05, 0.1) is 5.70 Å². The van der Waals surface area contributed by atoms with E-state index in [0.29, 0.717) is 0 Å². The van der Waals surface area contributed by atoms with E-state index < -0.39 is 5.85 Å². The Hall–Kier alpha value is -1.64. The lowest BCUT2D eigenvalue weighted by Gasteiger charge is -2.27. The Bertz CT molecular complexity index is 370. The van der Waals surface area contributed by atoms with Crippen molar-refractivity contribution in [2.75, 3.05) is 5.32 Å². The van der Waals surface area contributed by atoms with Crippen molar-refractivity contribution in [2.45, 2.75) is 26.6 Å². The highest BCUT2D eigenvalue weighted by Gasteiger charge is 2.32. The van der Waals surface area contributed by atoms with E-state index in [9.17, 15) is 0 Å². The molecule has 0 aliphatic carbocycles. The number of benzene rings is 1. The van der Waals surface area contributed by atoms with E-state index in [2.05, 4.69) is 10.6 Å². The molecule has 15 heavy (non-hydrogen) atoms. The van der Waals surface area contributed by atoms with Gasteiger partial charge in [0.25, 0.3) is 5.85 Å². The second-order valence-corrected chi connectivity index (χ2v) is 3.93. The van der Waals surface area contributed by atoms with Gasteiger partial charge in [0.2, 0.25) is 0 Å². The average Bonchev–Trinajstić information content (AvgIpc) is 2.42. The van der Waals surface area contributed by atoms with Gasteiger partial charge in [-0.3, -0.25) is 0 Å². The van der Waals surface area contributed by atoms with Gasteiger partial charge < -0.3 is 15.4 Å². The maximum atomic E-state index is 5.72. The van der Waals surface area contributed by atoms with Crippen molar-refractivity contribution in [1.82, 2.24) is 5.32 Å². The number of ether oxygens (including phenoxy) is 1. The fourth-order valence-corrected chi connectivity index (χ4v) is 1.71. The molecule has 1 unspecified atom stereocenters. The van der Waals surface area contributed by atoms with Gasteiger partial charge in [0.1, 0.15) is 5.76 Å². The highest BCUT2D eigenvalue weighted by Crippen LogP contribution is 2.24. The molecule has 1 aromatic rings. The molecule has 80 valence electrons. The van der Waals surface area contributed by atoms with Crippen LogP contribution in [0.1, 0.15) is 20.8 Å². The number of allylic oxidation sites excluding steroid dienone is 2. The van der Waals surface area contributed by atoms with Crippen LogP contribution in [-0.2, 0) is 4.74 Å².